The molecule has 10 heteroatoms. The summed E-state index contributed by atoms with van der Waals surface area (Å²) in [7, 11) is -4.21. The first-order valence-electron chi connectivity index (χ1n) is 14.3. The van der Waals surface area contributed by atoms with Crippen molar-refractivity contribution in [3.05, 3.63) is 90.2 Å². The lowest BCUT2D eigenvalue weighted by molar-refractivity contribution is -0.139. The number of halogens is 1. The van der Waals surface area contributed by atoms with E-state index < -0.39 is 34.3 Å². The molecule has 0 radical (unpaired) electrons. The minimum absolute atomic E-state index is 0.00923. The lowest BCUT2D eigenvalue weighted by Gasteiger charge is -2.33. The Morgan fingerprint density at radius 2 is 1.60 bits per heavy atom. The van der Waals surface area contributed by atoms with Gasteiger partial charge in [-0.15, -0.1) is 0 Å². The van der Waals surface area contributed by atoms with E-state index in [1.54, 1.807) is 68.4 Å². The van der Waals surface area contributed by atoms with Crippen LogP contribution < -0.4 is 14.4 Å². The summed E-state index contributed by atoms with van der Waals surface area (Å²) in [5.74, 6) is -1.02. The molecular formula is C32H38FN3O5S. The van der Waals surface area contributed by atoms with Gasteiger partial charge in [0.25, 0.3) is 10.0 Å². The van der Waals surface area contributed by atoms with Crippen LogP contribution in [-0.2, 0) is 26.2 Å². The number of carbonyl (C=O) groups excluding carboxylic acids is 2. The smallest absolute Gasteiger partial charge is 0.264 e. The van der Waals surface area contributed by atoms with Gasteiger partial charge in [0.2, 0.25) is 11.8 Å². The molecule has 0 unspecified atom stereocenters. The van der Waals surface area contributed by atoms with E-state index in [0.717, 1.165) is 36.4 Å². The van der Waals surface area contributed by atoms with Crippen LogP contribution in [0.5, 0.6) is 5.75 Å². The third kappa shape index (κ3) is 7.67. The summed E-state index contributed by atoms with van der Waals surface area (Å²) >= 11 is 0. The standard InChI is InChI=1S/C32H38FN3O5S/c1-3-41-30-17-11-10-16-29(30)36(42(39,40)28-14-8-5-9-15-28)23-31(37)35(22-25-18-20-26(33)21-19-25)24(2)32(38)34-27-12-6-4-7-13-27/h5,8-11,14-21,24,27H,3-4,6-7,12-13,22-23H2,1-2H3,(H,34,38)/t24-/m1/s1. The van der Waals surface area contributed by atoms with Gasteiger partial charge < -0.3 is 15.0 Å². The molecule has 1 N–H and O–H groups in total. The zero-order chi connectivity index (χ0) is 30.1. The summed E-state index contributed by atoms with van der Waals surface area (Å²) in [6.07, 6.45) is 4.95. The van der Waals surface area contributed by atoms with E-state index in [-0.39, 0.29) is 29.1 Å². The van der Waals surface area contributed by atoms with Gasteiger partial charge in [0, 0.05) is 12.6 Å². The summed E-state index contributed by atoms with van der Waals surface area (Å²) in [6.45, 7) is 3.12. The van der Waals surface area contributed by atoms with Crippen molar-refractivity contribution in [2.75, 3.05) is 17.5 Å². The number of anilines is 1. The Bertz CT molecular complexity index is 1440. The van der Waals surface area contributed by atoms with Crippen molar-refractivity contribution in [2.24, 2.45) is 0 Å². The lowest BCUT2D eigenvalue weighted by Crippen LogP contribution is -2.53. The van der Waals surface area contributed by atoms with Gasteiger partial charge in [-0.2, -0.15) is 0 Å². The van der Waals surface area contributed by atoms with Gasteiger partial charge in [-0.25, -0.2) is 12.8 Å². The molecule has 3 aromatic carbocycles. The number of rotatable bonds is 12. The monoisotopic (exact) mass is 595 g/mol. The van der Waals surface area contributed by atoms with Crippen LogP contribution in [0.15, 0.2) is 83.8 Å². The normalized spacial score (nSPS) is 14.5. The van der Waals surface area contributed by atoms with Crippen LogP contribution >= 0.6 is 0 Å². The maximum atomic E-state index is 14.1. The predicted molar refractivity (Wildman–Crippen MR) is 160 cm³/mol. The molecule has 0 bridgehead atoms. The SMILES string of the molecule is CCOc1ccccc1N(CC(=O)N(Cc1ccc(F)cc1)[C@H](C)C(=O)NC1CCCCC1)S(=O)(=O)c1ccccc1. The molecule has 42 heavy (non-hydrogen) atoms. The van der Waals surface area contributed by atoms with Crippen molar-refractivity contribution in [1.82, 2.24) is 10.2 Å². The first kappa shape index (κ1) is 31.0. The Hall–Kier alpha value is -3.92. The number of hydrogen-bond donors (Lipinski definition) is 1. The second-order valence-corrected chi connectivity index (χ2v) is 12.3. The van der Waals surface area contributed by atoms with Crippen LogP contribution in [0.2, 0.25) is 0 Å². The number of nitrogens with zero attached hydrogens (tertiary/aromatic N) is 2. The van der Waals surface area contributed by atoms with Crippen molar-refractivity contribution in [1.29, 1.82) is 0 Å². The molecule has 0 aromatic heterocycles. The quantitative estimate of drug-likeness (QED) is 0.307. The topological polar surface area (TPSA) is 96.0 Å². The number of ether oxygens (including phenoxy) is 1. The largest absolute Gasteiger partial charge is 0.492 e. The lowest BCUT2D eigenvalue weighted by atomic mass is 9.95. The number of nitrogens with one attached hydrogen (secondary N) is 1. The van der Waals surface area contributed by atoms with Gasteiger partial charge in [0.1, 0.15) is 24.2 Å². The predicted octanol–water partition coefficient (Wildman–Crippen LogP) is 5.29. The molecule has 8 nitrogen and oxygen atoms in total. The van der Waals surface area contributed by atoms with Crippen LogP contribution in [0.4, 0.5) is 10.1 Å². The zero-order valence-corrected chi connectivity index (χ0v) is 24.9. The highest BCUT2D eigenvalue weighted by atomic mass is 32.2. The Kier molecular flexibility index (Phi) is 10.6. The molecule has 1 atom stereocenters. The molecule has 224 valence electrons. The maximum absolute atomic E-state index is 14.1. The van der Waals surface area contributed by atoms with Crippen LogP contribution in [0.3, 0.4) is 0 Å². The van der Waals surface area contributed by atoms with E-state index >= 15 is 0 Å². The highest BCUT2D eigenvalue weighted by Gasteiger charge is 2.34. The first-order chi connectivity index (χ1) is 20.2. The van der Waals surface area contributed by atoms with Crippen LogP contribution in [0.1, 0.15) is 51.5 Å². The second kappa shape index (κ2) is 14.3. The molecule has 2 amide bonds. The van der Waals surface area contributed by atoms with E-state index in [2.05, 4.69) is 5.32 Å². The van der Waals surface area contributed by atoms with Crippen LogP contribution in [-0.4, -0.2) is 50.4 Å². The summed E-state index contributed by atoms with van der Waals surface area (Å²) in [6, 6.07) is 19.3. The number of amides is 2. The Morgan fingerprint density at radius 3 is 2.26 bits per heavy atom. The fourth-order valence-corrected chi connectivity index (χ4v) is 6.56. The van der Waals surface area contributed by atoms with E-state index in [1.807, 2.05) is 0 Å². The molecule has 3 aromatic rings. The van der Waals surface area contributed by atoms with Crippen molar-refractivity contribution < 1.29 is 27.1 Å². The molecule has 1 aliphatic rings. The average Bonchev–Trinajstić information content (AvgIpc) is 3.00. The van der Waals surface area contributed by atoms with E-state index in [9.17, 15) is 22.4 Å². The molecule has 0 spiro atoms. The Labute approximate surface area is 247 Å². The molecule has 1 fully saturated rings. The van der Waals surface area contributed by atoms with E-state index in [4.69, 9.17) is 4.74 Å². The maximum Gasteiger partial charge on any atom is 0.264 e. The second-order valence-electron chi connectivity index (χ2n) is 10.4. The number of carbonyl (C=O) groups is 2. The molecule has 4 rings (SSSR count). The van der Waals surface area contributed by atoms with Gasteiger partial charge in [-0.05, 0) is 68.7 Å². The van der Waals surface area contributed by atoms with E-state index in [1.165, 1.54) is 29.2 Å². The summed E-state index contributed by atoms with van der Waals surface area (Å²) in [5.41, 5.74) is 0.812. The number of sulfonamides is 1. The van der Waals surface area contributed by atoms with Crippen molar-refractivity contribution in [3.63, 3.8) is 0 Å². The Balaban J connectivity index is 1.70. The highest BCUT2D eigenvalue weighted by molar-refractivity contribution is 7.92. The van der Waals surface area contributed by atoms with Gasteiger partial charge in [-0.1, -0.05) is 61.7 Å². The molecule has 0 aliphatic heterocycles. The number of para-hydroxylation sites is 2. The molecule has 1 aliphatic carbocycles. The minimum Gasteiger partial charge on any atom is -0.492 e. The summed E-state index contributed by atoms with van der Waals surface area (Å²) in [5, 5.41) is 3.07. The fourth-order valence-electron chi connectivity index (χ4n) is 5.11. The minimum atomic E-state index is -4.21. The molecule has 1 saturated carbocycles. The number of hydrogen-bond acceptors (Lipinski definition) is 5. The first-order valence-corrected chi connectivity index (χ1v) is 15.8. The van der Waals surface area contributed by atoms with Gasteiger partial charge in [-0.3, -0.25) is 13.9 Å². The van der Waals surface area contributed by atoms with Crippen LogP contribution in [0.25, 0.3) is 0 Å². The van der Waals surface area contributed by atoms with Crippen molar-refractivity contribution in [2.45, 2.75) is 69.5 Å². The summed E-state index contributed by atoms with van der Waals surface area (Å²) in [4.78, 5) is 28.9. The van der Waals surface area contributed by atoms with Gasteiger partial charge >= 0.3 is 0 Å². The summed E-state index contributed by atoms with van der Waals surface area (Å²) < 4.78 is 48.4. The Morgan fingerprint density at radius 1 is 0.952 bits per heavy atom. The van der Waals surface area contributed by atoms with Crippen LogP contribution in [0, 0.1) is 5.82 Å². The van der Waals surface area contributed by atoms with Gasteiger partial charge in [0.05, 0.1) is 17.2 Å². The van der Waals surface area contributed by atoms with E-state index in [0.29, 0.717) is 17.9 Å². The number of benzene rings is 3. The fraction of sp³-hybridized carbons (Fsp3) is 0.375. The molecule has 0 saturated heterocycles. The van der Waals surface area contributed by atoms with Gasteiger partial charge in [0.15, 0.2) is 0 Å². The third-order valence-corrected chi connectivity index (χ3v) is 9.20. The molecule has 0 heterocycles. The average molecular weight is 596 g/mol. The highest BCUT2D eigenvalue weighted by Crippen LogP contribution is 2.33. The zero-order valence-electron chi connectivity index (χ0n) is 24.0. The third-order valence-electron chi connectivity index (χ3n) is 7.43. The molecular weight excluding hydrogens is 557 g/mol. The van der Waals surface area contributed by atoms with Crippen molar-refractivity contribution >= 4 is 27.5 Å². The van der Waals surface area contributed by atoms with Crippen molar-refractivity contribution in [3.8, 4) is 5.75 Å².